The van der Waals surface area contributed by atoms with Crippen LogP contribution < -0.4 is 10.7 Å². The van der Waals surface area contributed by atoms with Gasteiger partial charge in [0.15, 0.2) is 11.5 Å². The van der Waals surface area contributed by atoms with Gasteiger partial charge in [-0.2, -0.15) is 5.10 Å². The fourth-order valence-corrected chi connectivity index (χ4v) is 3.17. The van der Waals surface area contributed by atoms with Crippen molar-refractivity contribution in [3.8, 4) is 11.4 Å². The minimum Gasteiger partial charge on any atom is -0.343 e. The quantitative estimate of drug-likeness (QED) is 0.364. The molecule has 0 unspecified atom stereocenters. The van der Waals surface area contributed by atoms with E-state index >= 15 is 0 Å². The number of aromatic nitrogens is 5. The molecule has 0 saturated carbocycles. The highest BCUT2D eigenvalue weighted by atomic mass is 16.6. The van der Waals surface area contributed by atoms with Gasteiger partial charge in [-0.3, -0.25) is 24.3 Å². The van der Waals surface area contributed by atoms with Gasteiger partial charge in [0.05, 0.1) is 11.5 Å². The van der Waals surface area contributed by atoms with Crippen LogP contribution in [-0.4, -0.2) is 35.4 Å². The van der Waals surface area contributed by atoms with Crippen molar-refractivity contribution in [2.75, 3.05) is 0 Å². The Morgan fingerprint density at radius 2 is 1.84 bits per heavy atom. The molecule has 11 nitrogen and oxygen atoms in total. The number of carbonyl (C=O) groups is 1. The summed E-state index contributed by atoms with van der Waals surface area (Å²) in [6, 6.07) is 16.5. The number of nitro benzene ring substituents is 1. The third-order valence-corrected chi connectivity index (χ3v) is 4.69. The molecule has 2 heterocycles. The summed E-state index contributed by atoms with van der Waals surface area (Å²) in [6.07, 6.45) is 1.52. The monoisotopic (exact) mass is 431 g/mol. The van der Waals surface area contributed by atoms with Gasteiger partial charge in [-0.05, 0) is 25.1 Å². The van der Waals surface area contributed by atoms with E-state index in [9.17, 15) is 19.7 Å². The van der Waals surface area contributed by atoms with Crippen molar-refractivity contribution in [2.45, 2.75) is 13.5 Å². The Morgan fingerprint density at radius 1 is 1.12 bits per heavy atom. The van der Waals surface area contributed by atoms with E-state index in [0.717, 1.165) is 5.69 Å². The lowest BCUT2D eigenvalue weighted by Crippen LogP contribution is -2.32. The topological polar surface area (TPSA) is 138 Å². The molecule has 0 atom stereocenters. The Morgan fingerprint density at radius 3 is 2.59 bits per heavy atom. The van der Waals surface area contributed by atoms with Crippen molar-refractivity contribution in [1.82, 2.24) is 29.9 Å². The zero-order chi connectivity index (χ0) is 22.7. The minimum absolute atomic E-state index is 0.00575. The lowest BCUT2D eigenvalue weighted by molar-refractivity contribution is -0.384. The van der Waals surface area contributed by atoms with Crippen LogP contribution in [0.1, 0.15) is 22.0 Å². The van der Waals surface area contributed by atoms with Gasteiger partial charge in [0.2, 0.25) is 5.43 Å². The normalized spacial score (nSPS) is 10.7. The zero-order valence-electron chi connectivity index (χ0n) is 16.9. The first-order valence-electron chi connectivity index (χ1n) is 9.53. The molecule has 160 valence electrons. The number of rotatable bonds is 6. The minimum atomic E-state index is -0.732. The zero-order valence-corrected chi connectivity index (χ0v) is 16.9. The number of aryl methyl sites for hydroxylation is 1. The van der Waals surface area contributed by atoms with E-state index in [2.05, 4.69) is 20.6 Å². The number of para-hydroxylation sites is 3. The molecule has 11 heteroatoms. The standard InChI is InChI=1S/C21H17N7O4/c1-14-11-18(29)20(25-27(14)16-9-5-6-10-17(16)28(31)32)21(30)22-12-19-24-23-13-26(19)15-7-3-2-4-8-15/h2-11,13H,12H2,1H3,(H,22,30). The number of nitrogens with one attached hydrogen (secondary N) is 1. The number of carbonyl (C=O) groups excluding carboxylic acids is 1. The summed E-state index contributed by atoms with van der Waals surface area (Å²) in [5, 5.41) is 26.0. The maximum absolute atomic E-state index is 12.7. The summed E-state index contributed by atoms with van der Waals surface area (Å²) >= 11 is 0. The maximum Gasteiger partial charge on any atom is 0.294 e. The summed E-state index contributed by atoms with van der Waals surface area (Å²) in [7, 11) is 0. The van der Waals surface area contributed by atoms with Crippen molar-refractivity contribution < 1.29 is 9.72 Å². The molecule has 2 aromatic heterocycles. The molecule has 0 aliphatic carbocycles. The molecule has 4 aromatic rings. The van der Waals surface area contributed by atoms with E-state index < -0.39 is 16.3 Å². The number of hydrogen-bond acceptors (Lipinski definition) is 7. The second-order valence-electron chi connectivity index (χ2n) is 6.79. The second-order valence-corrected chi connectivity index (χ2v) is 6.79. The van der Waals surface area contributed by atoms with Crippen molar-refractivity contribution in [2.24, 2.45) is 0 Å². The average Bonchev–Trinajstić information content (AvgIpc) is 3.27. The van der Waals surface area contributed by atoms with Crippen LogP contribution in [0, 0.1) is 17.0 Å². The molecular formula is C21H17N7O4. The van der Waals surface area contributed by atoms with Gasteiger partial charge in [-0.1, -0.05) is 30.3 Å². The molecule has 0 saturated heterocycles. The SMILES string of the molecule is Cc1cc(=O)c(C(=O)NCc2nncn2-c2ccccc2)nn1-c1ccccc1[N+](=O)[O-]. The average molecular weight is 431 g/mol. The number of amides is 1. The van der Waals surface area contributed by atoms with E-state index in [0.29, 0.717) is 11.5 Å². The van der Waals surface area contributed by atoms with Crippen molar-refractivity contribution in [3.63, 3.8) is 0 Å². The van der Waals surface area contributed by atoms with Gasteiger partial charge in [-0.15, -0.1) is 10.2 Å². The van der Waals surface area contributed by atoms with Crippen LogP contribution in [0.5, 0.6) is 0 Å². The molecular weight excluding hydrogens is 414 g/mol. The number of nitro groups is 1. The molecule has 2 aromatic carbocycles. The Balaban J connectivity index is 1.63. The summed E-state index contributed by atoms with van der Waals surface area (Å²) in [6.45, 7) is 1.57. The van der Waals surface area contributed by atoms with Gasteiger partial charge in [-0.25, -0.2) is 4.68 Å². The van der Waals surface area contributed by atoms with Crippen LogP contribution in [-0.2, 0) is 6.54 Å². The fraction of sp³-hybridized carbons (Fsp3) is 0.0952. The summed E-state index contributed by atoms with van der Waals surface area (Å²) in [5.41, 5.74) is 0.124. The lowest BCUT2D eigenvalue weighted by Gasteiger charge is -2.12. The number of benzene rings is 2. The van der Waals surface area contributed by atoms with Gasteiger partial charge >= 0.3 is 0 Å². The van der Waals surface area contributed by atoms with E-state index in [-0.39, 0.29) is 23.6 Å². The molecule has 0 radical (unpaired) electrons. The first-order chi connectivity index (χ1) is 15.5. The van der Waals surface area contributed by atoms with E-state index in [1.165, 1.54) is 35.3 Å². The smallest absolute Gasteiger partial charge is 0.294 e. The predicted octanol–water partition coefficient (Wildman–Crippen LogP) is 1.96. The summed E-state index contributed by atoms with van der Waals surface area (Å²) in [4.78, 5) is 36.0. The fourth-order valence-electron chi connectivity index (χ4n) is 3.17. The van der Waals surface area contributed by atoms with E-state index in [4.69, 9.17) is 0 Å². The third kappa shape index (κ3) is 3.99. The van der Waals surface area contributed by atoms with Crippen molar-refractivity contribution in [3.05, 3.63) is 105 Å². The third-order valence-electron chi connectivity index (χ3n) is 4.69. The second kappa shape index (κ2) is 8.60. The van der Waals surface area contributed by atoms with Gasteiger partial charge in [0, 0.05) is 23.5 Å². The van der Waals surface area contributed by atoms with Crippen LogP contribution in [0.4, 0.5) is 5.69 Å². The lowest BCUT2D eigenvalue weighted by atomic mass is 10.2. The molecule has 4 rings (SSSR count). The summed E-state index contributed by atoms with van der Waals surface area (Å²) < 4.78 is 2.91. The van der Waals surface area contributed by atoms with Crippen molar-refractivity contribution >= 4 is 11.6 Å². The highest BCUT2D eigenvalue weighted by molar-refractivity contribution is 5.92. The predicted molar refractivity (Wildman–Crippen MR) is 114 cm³/mol. The summed E-state index contributed by atoms with van der Waals surface area (Å²) in [5.74, 6) is -0.277. The Labute approximate surface area is 181 Å². The molecule has 0 aliphatic heterocycles. The van der Waals surface area contributed by atoms with Crippen LogP contribution in [0.2, 0.25) is 0 Å². The van der Waals surface area contributed by atoms with Crippen LogP contribution in [0.15, 0.2) is 71.8 Å². The van der Waals surface area contributed by atoms with Gasteiger partial charge in [0.1, 0.15) is 12.0 Å². The molecule has 1 N–H and O–H groups in total. The molecule has 0 fully saturated rings. The number of nitrogens with zero attached hydrogens (tertiary/aromatic N) is 6. The van der Waals surface area contributed by atoms with Gasteiger partial charge < -0.3 is 5.32 Å². The highest BCUT2D eigenvalue weighted by Gasteiger charge is 2.20. The first-order valence-corrected chi connectivity index (χ1v) is 9.53. The number of hydrogen-bond donors (Lipinski definition) is 1. The largest absolute Gasteiger partial charge is 0.343 e. The first kappa shape index (κ1) is 20.6. The van der Waals surface area contributed by atoms with Crippen molar-refractivity contribution in [1.29, 1.82) is 0 Å². The van der Waals surface area contributed by atoms with Crippen LogP contribution in [0.3, 0.4) is 0 Å². The Kier molecular flexibility index (Phi) is 5.53. The Hall–Kier alpha value is -4.67. The molecule has 1 amide bonds. The van der Waals surface area contributed by atoms with E-state index in [1.54, 1.807) is 17.6 Å². The molecule has 0 bridgehead atoms. The Bertz CT molecular complexity index is 1360. The molecule has 0 aliphatic rings. The van der Waals surface area contributed by atoms with Crippen LogP contribution in [0.25, 0.3) is 11.4 Å². The molecule has 0 spiro atoms. The molecule has 32 heavy (non-hydrogen) atoms. The van der Waals surface area contributed by atoms with Crippen LogP contribution >= 0.6 is 0 Å². The van der Waals surface area contributed by atoms with Gasteiger partial charge in [0.25, 0.3) is 11.6 Å². The van der Waals surface area contributed by atoms with E-state index in [1.807, 2.05) is 30.3 Å². The highest BCUT2D eigenvalue weighted by Crippen LogP contribution is 2.22. The maximum atomic E-state index is 12.7.